The first-order valence-electron chi connectivity index (χ1n) is 7.92. The van der Waals surface area contributed by atoms with Crippen molar-refractivity contribution in [2.75, 3.05) is 6.54 Å². The van der Waals surface area contributed by atoms with E-state index in [1.165, 1.54) is 16.8 Å². The van der Waals surface area contributed by atoms with E-state index in [1.807, 2.05) is 30.3 Å². The highest BCUT2D eigenvalue weighted by molar-refractivity contribution is 5.36. The minimum absolute atomic E-state index is 0.160. The summed E-state index contributed by atoms with van der Waals surface area (Å²) in [6.07, 6.45) is 2.78. The number of ether oxygens (including phenoxy) is 1. The second kappa shape index (κ2) is 6.26. The average Bonchev–Trinajstić information content (AvgIpc) is 3.10. The van der Waals surface area contributed by atoms with Crippen LogP contribution in [0.1, 0.15) is 28.6 Å². The summed E-state index contributed by atoms with van der Waals surface area (Å²) in [5.41, 5.74) is 4.73. The fraction of sp³-hybridized carbons (Fsp3) is 0.211. The van der Waals surface area contributed by atoms with Gasteiger partial charge < -0.3 is 15.0 Å². The Hall–Kier alpha value is -2.59. The summed E-state index contributed by atoms with van der Waals surface area (Å²) < 4.78 is 5.85. The minimum Gasteiger partial charge on any atom is -0.489 e. The van der Waals surface area contributed by atoms with Gasteiger partial charge in [0.1, 0.15) is 12.4 Å². The zero-order valence-corrected chi connectivity index (χ0v) is 12.8. The number of H-pyrrole nitrogens is 1. The molecule has 0 bridgehead atoms. The molecule has 0 amide bonds. The third-order valence-corrected chi connectivity index (χ3v) is 4.21. The van der Waals surface area contributed by atoms with Crippen molar-refractivity contribution in [3.8, 4) is 5.75 Å². The molecule has 0 fully saturated rings. The minimum atomic E-state index is 0.160. The van der Waals surface area contributed by atoms with Crippen LogP contribution in [0.25, 0.3) is 0 Å². The van der Waals surface area contributed by atoms with E-state index in [4.69, 9.17) is 4.74 Å². The van der Waals surface area contributed by atoms with Gasteiger partial charge in [-0.15, -0.1) is 0 Å². The van der Waals surface area contributed by atoms with Crippen molar-refractivity contribution in [1.82, 2.24) is 15.3 Å². The van der Waals surface area contributed by atoms with Gasteiger partial charge in [0.05, 0.1) is 18.1 Å². The number of rotatable bonds is 4. The van der Waals surface area contributed by atoms with Gasteiger partial charge in [-0.05, 0) is 23.3 Å². The molecule has 2 N–H and O–H groups in total. The number of hydrogen-bond acceptors (Lipinski definition) is 3. The van der Waals surface area contributed by atoms with E-state index < -0.39 is 0 Å². The first kappa shape index (κ1) is 14.0. The Labute approximate surface area is 135 Å². The molecule has 0 radical (unpaired) electrons. The highest BCUT2D eigenvalue weighted by Gasteiger charge is 2.23. The summed E-state index contributed by atoms with van der Waals surface area (Å²) in [6, 6.07) is 18.6. The second-order valence-electron chi connectivity index (χ2n) is 5.75. The van der Waals surface area contributed by atoms with Gasteiger partial charge in [-0.25, -0.2) is 4.98 Å². The maximum atomic E-state index is 5.85. The Kier molecular flexibility index (Phi) is 3.82. The van der Waals surface area contributed by atoms with E-state index in [9.17, 15) is 0 Å². The molecule has 1 atom stereocenters. The fourth-order valence-corrected chi connectivity index (χ4v) is 2.99. The molecule has 2 aromatic carbocycles. The molecule has 1 aliphatic rings. The lowest BCUT2D eigenvalue weighted by atomic mass is 9.98. The third kappa shape index (κ3) is 2.98. The molecular weight excluding hydrogens is 286 g/mol. The van der Waals surface area contributed by atoms with Gasteiger partial charge in [-0.1, -0.05) is 42.5 Å². The molecule has 0 saturated carbocycles. The smallest absolute Gasteiger partial charge is 0.119 e. The largest absolute Gasteiger partial charge is 0.489 e. The van der Waals surface area contributed by atoms with Gasteiger partial charge in [0.2, 0.25) is 0 Å². The summed E-state index contributed by atoms with van der Waals surface area (Å²) in [4.78, 5) is 7.70. The zero-order chi connectivity index (χ0) is 15.5. The van der Waals surface area contributed by atoms with Crippen molar-refractivity contribution in [2.24, 2.45) is 0 Å². The van der Waals surface area contributed by atoms with Crippen molar-refractivity contribution >= 4 is 0 Å². The Morgan fingerprint density at radius 2 is 1.87 bits per heavy atom. The summed E-state index contributed by atoms with van der Waals surface area (Å²) in [6.45, 7) is 1.55. The molecule has 4 rings (SSSR count). The Morgan fingerprint density at radius 3 is 2.70 bits per heavy atom. The second-order valence-corrected chi connectivity index (χ2v) is 5.75. The maximum absolute atomic E-state index is 5.85. The lowest BCUT2D eigenvalue weighted by Gasteiger charge is -2.23. The number of nitrogens with zero attached hydrogens (tertiary/aromatic N) is 1. The van der Waals surface area contributed by atoms with E-state index in [0.29, 0.717) is 6.61 Å². The molecule has 116 valence electrons. The van der Waals surface area contributed by atoms with Crippen LogP contribution in [-0.2, 0) is 13.0 Å². The molecule has 0 unspecified atom stereocenters. The van der Waals surface area contributed by atoms with Crippen molar-refractivity contribution in [2.45, 2.75) is 19.1 Å². The monoisotopic (exact) mass is 305 g/mol. The molecule has 1 aliphatic heterocycles. The Balaban J connectivity index is 1.47. The van der Waals surface area contributed by atoms with Gasteiger partial charge in [0.25, 0.3) is 0 Å². The number of nitrogens with one attached hydrogen (secondary N) is 2. The van der Waals surface area contributed by atoms with Crippen molar-refractivity contribution in [1.29, 1.82) is 0 Å². The van der Waals surface area contributed by atoms with Gasteiger partial charge >= 0.3 is 0 Å². The summed E-state index contributed by atoms with van der Waals surface area (Å²) in [5.74, 6) is 0.885. The average molecular weight is 305 g/mol. The van der Waals surface area contributed by atoms with E-state index >= 15 is 0 Å². The number of fused-ring (bicyclic) bond motifs is 1. The fourth-order valence-electron chi connectivity index (χ4n) is 2.99. The number of aromatic nitrogens is 2. The summed E-state index contributed by atoms with van der Waals surface area (Å²) >= 11 is 0. The topological polar surface area (TPSA) is 49.9 Å². The molecule has 0 saturated heterocycles. The predicted molar refractivity (Wildman–Crippen MR) is 89.4 cm³/mol. The van der Waals surface area contributed by atoms with Crippen LogP contribution in [0.4, 0.5) is 0 Å². The quantitative estimate of drug-likeness (QED) is 0.778. The highest BCUT2D eigenvalue weighted by atomic mass is 16.5. The van der Waals surface area contributed by atoms with Crippen molar-refractivity contribution in [3.63, 3.8) is 0 Å². The lowest BCUT2D eigenvalue weighted by molar-refractivity contribution is 0.306. The van der Waals surface area contributed by atoms with E-state index in [0.717, 1.165) is 24.4 Å². The van der Waals surface area contributed by atoms with Crippen LogP contribution < -0.4 is 10.1 Å². The molecule has 4 heteroatoms. The Bertz CT molecular complexity index is 765. The normalized spacial score (nSPS) is 16.8. The van der Waals surface area contributed by atoms with Crippen LogP contribution in [0.2, 0.25) is 0 Å². The van der Waals surface area contributed by atoms with Gasteiger partial charge in [-0.3, -0.25) is 0 Å². The van der Waals surface area contributed by atoms with Crippen LogP contribution in [0, 0.1) is 0 Å². The van der Waals surface area contributed by atoms with Gasteiger partial charge in [0, 0.05) is 18.7 Å². The van der Waals surface area contributed by atoms with Gasteiger partial charge in [0.15, 0.2) is 0 Å². The first-order valence-corrected chi connectivity index (χ1v) is 7.92. The van der Waals surface area contributed by atoms with E-state index in [-0.39, 0.29) is 6.04 Å². The van der Waals surface area contributed by atoms with Crippen LogP contribution in [-0.4, -0.2) is 16.5 Å². The molecular formula is C19H19N3O. The molecule has 4 nitrogen and oxygen atoms in total. The number of hydrogen-bond donors (Lipinski definition) is 2. The van der Waals surface area contributed by atoms with Crippen LogP contribution in [0.5, 0.6) is 5.75 Å². The van der Waals surface area contributed by atoms with Crippen LogP contribution in [0.3, 0.4) is 0 Å². The molecule has 23 heavy (non-hydrogen) atoms. The first-order chi connectivity index (χ1) is 11.4. The number of benzene rings is 2. The van der Waals surface area contributed by atoms with Crippen molar-refractivity contribution < 1.29 is 4.74 Å². The van der Waals surface area contributed by atoms with Gasteiger partial charge in [-0.2, -0.15) is 0 Å². The summed E-state index contributed by atoms with van der Waals surface area (Å²) in [7, 11) is 0. The maximum Gasteiger partial charge on any atom is 0.119 e. The van der Waals surface area contributed by atoms with E-state index in [1.54, 1.807) is 6.33 Å². The molecule has 2 heterocycles. The third-order valence-electron chi connectivity index (χ3n) is 4.21. The standard InChI is InChI=1S/C19H19N3O/c1-2-4-14(5-3-1)12-23-16-8-6-15(7-9-16)18-19-17(10-11-20-18)21-13-22-19/h1-9,13,18,20H,10-12H2,(H,21,22)/t18-/m0/s1. The molecule has 0 aliphatic carbocycles. The predicted octanol–water partition coefficient (Wildman–Crippen LogP) is 3.22. The lowest BCUT2D eigenvalue weighted by Crippen LogP contribution is -2.30. The SMILES string of the molecule is c1ccc(COc2ccc([C@@H]3NCCc4[nH]cnc43)cc2)cc1. The van der Waals surface area contributed by atoms with E-state index in [2.05, 4.69) is 39.6 Å². The highest BCUT2D eigenvalue weighted by Crippen LogP contribution is 2.27. The molecule has 3 aromatic rings. The molecule has 0 spiro atoms. The number of imidazole rings is 1. The number of aromatic amines is 1. The van der Waals surface area contributed by atoms with Crippen LogP contribution in [0.15, 0.2) is 60.9 Å². The zero-order valence-electron chi connectivity index (χ0n) is 12.8. The molecule has 1 aromatic heterocycles. The van der Waals surface area contributed by atoms with Crippen LogP contribution >= 0.6 is 0 Å². The van der Waals surface area contributed by atoms with Crippen molar-refractivity contribution in [3.05, 3.63) is 83.4 Å². The Morgan fingerprint density at radius 1 is 1.04 bits per heavy atom. The summed E-state index contributed by atoms with van der Waals surface area (Å²) in [5, 5.41) is 3.53.